The molecule has 0 saturated carbocycles. The van der Waals surface area contributed by atoms with Crippen LogP contribution in [0.2, 0.25) is 0 Å². The number of anilines is 1. The van der Waals surface area contributed by atoms with Crippen LogP contribution in [-0.2, 0) is 11.3 Å². The quantitative estimate of drug-likeness (QED) is 0.884. The lowest BCUT2D eigenvalue weighted by Gasteiger charge is -2.10. The minimum atomic E-state index is -0.202. The van der Waals surface area contributed by atoms with Crippen molar-refractivity contribution in [1.82, 2.24) is 4.98 Å². The second-order valence-corrected chi connectivity index (χ2v) is 5.25. The summed E-state index contributed by atoms with van der Waals surface area (Å²) in [5.41, 5.74) is 5.67. The molecule has 1 aromatic carbocycles. The van der Waals surface area contributed by atoms with Crippen LogP contribution in [0.25, 0.3) is 0 Å². The summed E-state index contributed by atoms with van der Waals surface area (Å²) >= 11 is 0. The predicted molar refractivity (Wildman–Crippen MR) is 84.5 cm³/mol. The van der Waals surface area contributed by atoms with Crippen molar-refractivity contribution in [3.05, 3.63) is 58.4 Å². The number of rotatable bonds is 3. The summed E-state index contributed by atoms with van der Waals surface area (Å²) in [5, 5.41) is 2.69. The number of pyridine rings is 1. The molecule has 0 aliphatic carbocycles. The number of carbonyl (C=O) groups is 2. The van der Waals surface area contributed by atoms with E-state index in [1.807, 2.05) is 25.1 Å². The molecule has 0 saturated heterocycles. The van der Waals surface area contributed by atoms with Crippen LogP contribution >= 0.6 is 0 Å². The fraction of sp³-hybridized carbons (Fsp3) is 0.176. The van der Waals surface area contributed by atoms with Crippen LogP contribution in [0.15, 0.2) is 35.5 Å². The maximum atomic E-state index is 11.3. The van der Waals surface area contributed by atoms with Crippen molar-refractivity contribution in [2.45, 2.75) is 20.4 Å². The van der Waals surface area contributed by atoms with E-state index in [4.69, 9.17) is 0 Å². The molecule has 1 aliphatic rings. The van der Waals surface area contributed by atoms with Gasteiger partial charge in [0.1, 0.15) is 0 Å². The molecular weight excluding hydrogens is 278 g/mol. The molecule has 5 nitrogen and oxygen atoms in total. The van der Waals surface area contributed by atoms with Crippen LogP contribution in [0, 0.1) is 6.92 Å². The van der Waals surface area contributed by atoms with Gasteiger partial charge in [-0.2, -0.15) is 0 Å². The fourth-order valence-corrected chi connectivity index (χ4v) is 2.60. The van der Waals surface area contributed by atoms with E-state index in [-0.39, 0.29) is 5.91 Å². The van der Waals surface area contributed by atoms with E-state index in [2.05, 4.69) is 15.3 Å². The summed E-state index contributed by atoms with van der Waals surface area (Å²) in [6.45, 7) is 3.89. The molecule has 0 atom stereocenters. The number of nitrogens with zero attached hydrogens (tertiary/aromatic N) is 2. The highest BCUT2D eigenvalue weighted by Crippen LogP contribution is 2.28. The number of nitrogens with one attached hydrogen (secondary N) is 1. The summed E-state index contributed by atoms with van der Waals surface area (Å²) < 4.78 is 0. The smallest absolute Gasteiger partial charge is 0.221 e. The third-order valence-corrected chi connectivity index (χ3v) is 3.55. The van der Waals surface area contributed by atoms with Gasteiger partial charge in [-0.05, 0) is 36.8 Å². The summed E-state index contributed by atoms with van der Waals surface area (Å²) in [6, 6.07) is 7.49. The first kappa shape index (κ1) is 14.1. The van der Waals surface area contributed by atoms with Gasteiger partial charge in [-0.15, -0.1) is 0 Å². The lowest BCUT2D eigenvalue weighted by Crippen LogP contribution is -2.10. The summed E-state index contributed by atoms with van der Waals surface area (Å²) in [7, 11) is 0. The molecule has 1 aromatic heterocycles. The van der Waals surface area contributed by atoms with Crippen LogP contribution < -0.4 is 5.32 Å². The number of carbonyl (C=O) groups excluding carboxylic acids is 2. The van der Waals surface area contributed by atoms with Crippen LogP contribution in [0.4, 0.5) is 5.69 Å². The third kappa shape index (κ3) is 2.53. The second kappa shape index (κ2) is 5.52. The molecule has 110 valence electrons. The topological polar surface area (TPSA) is 71.4 Å². The Bertz CT molecular complexity index is 810. The molecule has 3 rings (SSSR count). The highest BCUT2D eigenvalue weighted by atomic mass is 16.1. The van der Waals surface area contributed by atoms with Gasteiger partial charge in [-0.25, -0.2) is 0 Å². The van der Waals surface area contributed by atoms with E-state index in [0.717, 1.165) is 34.4 Å². The molecular formula is C17H15N3O2. The maximum Gasteiger partial charge on any atom is 0.221 e. The standard InChI is InChI=1S/C17H15N3O2/c1-10-5-12(3-4-18-10)17-15-6-14(9-21)16(20-11(2)22)7-13(15)8-19-17/h3-7,9H,8H2,1-2H3,(H,20,22). The minimum Gasteiger partial charge on any atom is -0.326 e. The van der Waals surface area contributed by atoms with Gasteiger partial charge in [-0.3, -0.25) is 19.6 Å². The van der Waals surface area contributed by atoms with Crippen LogP contribution in [0.5, 0.6) is 0 Å². The molecule has 0 spiro atoms. The zero-order chi connectivity index (χ0) is 15.7. The van der Waals surface area contributed by atoms with Crippen molar-refractivity contribution in [1.29, 1.82) is 0 Å². The molecule has 0 radical (unpaired) electrons. The molecule has 2 aromatic rings. The Balaban J connectivity index is 2.07. The summed E-state index contributed by atoms with van der Waals surface area (Å²) in [4.78, 5) is 31.3. The zero-order valence-electron chi connectivity index (χ0n) is 12.4. The summed E-state index contributed by atoms with van der Waals surface area (Å²) in [5.74, 6) is -0.202. The van der Waals surface area contributed by atoms with Crippen LogP contribution in [0.3, 0.4) is 0 Å². The molecule has 5 heteroatoms. The van der Waals surface area contributed by atoms with Crippen molar-refractivity contribution in [3.8, 4) is 0 Å². The van der Waals surface area contributed by atoms with Crippen molar-refractivity contribution in [3.63, 3.8) is 0 Å². The van der Waals surface area contributed by atoms with Crippen molar-refractivity contribution >= 4 is 23.6 Å². The lowest BCUT2D eigenvalue weighted by molar-refractivity contribution is -0.114. The van der Waals surface area contributed by atoms with Gasteiger partial charge in [0.05, 0.1) is 17.9 Å². The molecule has 1 amide bonds. The van der Waals surface area contributed by atoms with Gasteiger partial charge in [0.25, 0.3) is 0 Å². The average molecular weight is 293 g/mol. The average Bonchev–Trinajstić information content (AvgIpc) is 2.88. The first-order valence-electron chi connectivity index (χ1n) is 6.96. The Morgan fingerprint density at radius 1 is 1.32 bits per heavy atom. The van der Waals surface area contributed by atoms with Gasteiger partial charge < -0.3 is 5.32 Å². The molecule has 0 unspecified atom stereocenters. The number of hydrogen-bond donors (Lipinski definition) is 1. The summed E-state index contributed by atoms with van der Waals surface area (Å²) in [6.07, 6.45) is 2.50. The van der Waals surface area contributed by atoms with E-state index >= 15 is 0 Å². The monoisotopic (exact) mass is 293 g/mol. The highest BCUT2D eigenvalue weighted by Gasteiger charge is 2.20. The van der Waals surface area contributed by atoms with Crippen molar-refractivity contribution in [2.24, 2.45) is 4.99 Å². The lowest BCUT2D eigenvalue weighted by atomic mass is 9.97. The Morgan fingerprint density at radius 3 is 2.82 bits per heavy atom. The van der Waals surface area contributed by atoms with E-state index in [0.29, 0.717) is 17.8 Å². The molecule has 2 heterocycles. The number of amides is 1. The van der Waals surface area contributed by atoms with Crippen molar-refractivity contribution in [2.75, 3.05) is 5.32 Å². The molecule has 22 heavy (non-hydrogen) atoms. The van der Waals surface area contributed by atoms with E-state index < -0.39 is 0 Å². The molecule has 1 N–H and O–H groups in total. The van der Waals surface area contributed by atoms with Crippen molar-refractivity contribution < 1.29 is 9.59 Å². The van der Waals surface area contributed by atoms with Gasteiger partial charge in [0.15, 0.2) is 6.29 Å². The van der Waals surface area contributed by atoms with Gasteiger partial charge in [-0.1, -0.05) is 0 Å². The highest BCUT2D eigenvalue weighted by molar-refractivity contribution is 6.16. The number of fused-ring (bicyclic) bond motifs is 1. The maximum absolute atomic E-state index is 11.3. The molecule has 0 bridgehead atoms. The van der Waals surface area contributed by atoms with E-state index in [1.165, 1.54) is 6.92 Å². The predicted octanol–water partition coefficient (Wildman–Crippen LogP) is 2.51. The van der Waals surface area contributed by atoms with E-state index in [1.54, 1.807) is 12.3 Å². The zero-order valence-corrected chi connectivity index (χ0v) is 12.4. The molecule has 0 fully saturated rings. The Labute approximate surface area is 128 Å². The van der Waals surface area contributed by atoms with Gasteiger partial charge in [0, 0.05) is 35.5 Å². The second-order valence-electron chi connectivity index (χ2n) is 5.25. The number of aromatic nitrogens is 1. The number of aldehydes is 1. The first-order valence-corrected chi connectivity index (χ1v) is 6.96. The number of aliphatic imine (C=N–C) groups is 1. The Morgan fingerprint density at radius 2 is 2.14 bits per heavy atom. The third-order valence-electron chi connectivity index (χ3n) is 3.55. The minimum absolute atomic E-state index is 0.202. The number of aryl methyl sites for hydroxylation is 1. The fourth-order valence-electron chi connectivity index (χ4n) is 2.60. The first-order chi connectivity index (χ1) is 10.6. The Hall–Kier alpha value is -2.82. The molecule has 1 aliphatic heterocycles. The van der Waals surface area contributed by atoms with Gasteiger partial charge in [0.2, 0.25) is 5.91 Å². The van der Waals surface area contributed by atoms with Crippen LogP contribution in [-0.4, -0.2) is 22.9 Å². The van der Waals surface area contributed by atoms with E-state index in [9.17, 15) is 9.59 Å². The normalized spacial score (nSPS) is 12.5. The number of benzene rings is 1. The Kier molecular flexibility index (Phi) is 3.55. The van der Waals surface area contributed by atoms with Crippen LogP contribution in [0.1, 0.15) is 39.7 Å². The number of hydrogen-bond acceptors (Lipinski definition) is 4. The van der Waals surface area contributed by atoms with Gasteiger partial charge >= 0.3 is 0 Å². The largest absolute Gasteiger partial charge is 0.326 e. The SMILES string of the molecule is CC(=O)Nc1cc2c(cc1C=O)C(c1ccnc(C)c1)=NC2.